The standard InChI is InChI=1S/C13H18BrFN2/c1-9(2)17-6-5-11(8-17)16-13-4-3-10(14)7-12(13)15/h3-4,7,9,11,16H,5-6,8H2,1-2H3. The molecule has 1 saturated heterocycles. The Morgan fingerprint density at radius 2 is 2.24 bits per heavy atom. The Balaban J connectivity index is 1.98. The monoisotopic (exact) mass is 300 g/mol. The van der Waals surface area contributed by atoms with E-state index >= 15 is 0 Å². The van der Waals surface area contributed by atoms with Crippen LogP contribution in [0.15, 0.2) is 22.7 Å². The molecule has 4 heteroatoms. The number of hydrogen-bond donors (Lipinski definition) is 1. The first-order valence-corrected chi connectivity index (χ1v) is 6.81. The maximum absolute atomic E-state index is 13.7. The number of nitrogens with zero attached hydrogens (tertiary/aromatic N) is 1. The summed E-state index contributed by atoms with van der Waals surface area (Å²) in [5.41, 5.74) is 0.601. The summed E-state index contributed by atoms with van der Waals surface area (Å²) in [4.78, 5) is 2.41. The SMILES string of the molecule is CC(C)N1CCC(Nc2ccc(Br)cc2F)C1. The molecule has 0 saturated carbocycles. The molecule has 0 aromatic heterocycles. The van der Waals surface area contributed by atoms with E-state index in [1.165, 1.54) is 6.07 Å². The maximum Gasteiger partial charge on any atom is 0.147 e. The smallest absolute Gasteiger partial charge is 0.147 e. The number of likely N-dealkylation sites (tertiary alicyclic amines) is 1. The van der Waals surface area contributed by atoms with E-state index in [0.29, 0.717) is 17.8 Å². The van der Waals surface area contributed by atoms with Gasteiger partial charge in [-0.1, -0.05) is 15.9 Å². The molecule has 1 atom stereocenters. The summed E-state index contributed by atoms with van der Waals surface area (Å²) >= 11 is 3.26. The van der Waals surface area contributed by atoms with Crippen molar-refractivity contribution in [1.29, 1.82) is 0 Å². The van der Waals surface area contributed by atoms with Crippen molar-refractivity contribution in [2.24, 2.45) is 0 Å². The zero-order chi connectivity index (χ0) is 12.4. The summed E-state index contributed by atoms with van der Waals surface area (Å²) in [6.07, 6.45) is 1.08. The molecule has 0 aliphatic carbocycles. The highest BCUT2D eigenvalue weighted by Gasteiger charge is 2.24. The normalized spacial score (nSPS) is 21.1. The summed E-state index contributed by atoms with van der Waals surface area (Å²) in [5.74, 6) is -0.192. The van der Waals surface area contributed by atoms with Gasteiger partial charge in [0, 0.05) is 29.6 Å². The van der Waals surface area contributed by atoms with Gasteiger partial charge in [-0.15, -0.1) is 0 Å². The Kier molecular flexibility index (Phi) is 4.05. The van der Waals surface area contributed by atoms with Crippen LogP contribution in [-0.2, 0) is 0 Å². The second-order valence-electron chi connectivity index (χ2n) is 4.84. The molecule has 0 bridgehead atoms. The van der Waals surface area contributed by atoms with Crippen LogP contribution < -0.4 is 5.32 Å². The van der Waals surface area contributed by atoms with E-state index in [1.807, 2.05) is 6.07 Å². The highest BCUT2D eigenvalue weighted by molar-refractivity contribution is 9.10. The zero-order valence-corrected chi connectivity index (χ0v) is 11.8. The van der Waals surface area contributed by atoms with Gasteiger partial charge in [-0.3, -0.25) is 4.90 Å². The van der Waals surface area contributed by atoms with Crippen LogP contribution in [0.2, 0.25) is 0 Å². The van der Waals surface area contributed by atoms with Gasteiger partial charge >= 0.3 is 0 Å². The molecule has 2 rings (SSSR count). The average Bonchev–Trinajstić information content (AvgIpc) is 2.71. The minimum absolute atomic E-state index is 0.192. The fraction of sp³-hybridized carbons (Fsp3) is 0.538. The van der Waals surface area contributed by atoms with Crippen molar-refractivity contribution in [1.82, 2.24) is 4.90 Å². The number of nitrogens with one attached hydrogen (secondary N) is 1. The predicted octanol–water partition coefficient (Wildman–Crippen LogP) is 3.48. The molecule has 1 aromatic rings. The molecule has 1 unspecified atom stereocenters. The van der Waals surface area contributed by atoms with Crippen LogP contribution in [0.4, 0.5) is 10.1 Å². The van der Waals surface area contributed by atoms with Gasteiger partial charge in [0.1, 0.15) is 5.82 Å². The van der Waals surface area contributed by atoms with Gasteiger partial charge in [0.2, 0.25) is 0 Å². The molecule has 1 aliphatic rings. The van der Waals surface area contributed by atoms with E-state index in [9.17, 15) is 4.39 Å². The van der Waals surface area contributed by atoms with E-state index in [-0.39, 0.29) is 5.82 Å². The van der Waals surface area contributed by atoms with Gasteiger partial charge in [0.25, 0.3) is 0 Å². The zero-order valence-electron chi connectivity index (χ0n) is 10.2. The molecule has 94 valence electrons. The van der Waals surface area contributed by atoms with Crippen LogP contribution in [0.3, 0.4) is 0 Å². The van der Waals surface area contributed by atoms with Crippen LogP contribution in [0.5, 0.6) is 0 Å². The Hall–Kier alpha value is -0.610. The van der Waals surface area contributed by atoms with Gasteiger partial charge < -0.3 is 5.32 Å². The van der Waals surface area contributed by atoms with Crippen molar-refractivity contribution < 1.29 is 4.39 Å². The van der Waals surface area contributed by atoms with Crippen LogP contribution in [0.1, 0.15) is 20.3 Å². The first-order valence-electron chi connectivity index (χ1n) is 6.02. The first kappa shape index (κ1) is 12.8. The van der Waals surface area contributed by atoms with Crippen LogP contribution in [-0.4, -0.2) is 30.1 Å². The van der Waals surface area contributed by atoms with Crippen molar-refractivity contribution in [3.05, 3.63) is 28.5 Å². The Bertz CT molecular complexity index is 395. The Morgan fingerprint density at radius 3 is 2.82 bits per heavy atom. The lowest BCUT2D eigenvalue weighted by molar-refractivity contribution is 0.274. The highest BCUT2D eigenvalue weighted by atomic mass is 79.9. The molecular formula is C13H18BrFN2. The molecule has 17 heavy (non-hydrogen) atoms. The van der Waals surface area contributed by atoms with E-state index < -0.39 is 0 Å². The second kappa shape index (κ2) is 5.36. The Morgan fingerprint density at radius 1 is 1.47 bits per heavy atom. The lowest BCUT2D eigenvalue weighted by atomic mass is 10.2. The summed E-state index contributed by atoms with van der Waals surface area (Å²) in [5, 5.41) is 3.28. The van der Waals surface area contributed by atoms with E-state index in [1.54, 1.807) is 6.07 Å². The number of hydrogen-bond acceptors (Lipinski definition) is 2. The van der Waals surface area contributed by atoms with E-state index in [2.05, 4.69) is 40.0 Å². The maximum atomic E-state index is 13.7. The van der Waals surface area contributed by atoms with Gasteiger partial charge in [0.15, 0.2) is 0 Å². The summed E-state index contributed by atoms with van der Waals surface area (Å²) < 4.78 is 14.4. The van der Waals surface area contributed by atoms with Crippen molar-refractivity contribution in [2.75, 3.05) is 18.4 Å². The third kappa shape index (κ3) is 3.19. The van der Waals surface area contributed by atoms with Crippen molar-refractivity contribution in [3.8, 4) is 0 Å². The molecule has 0 radical (unpaired) electrons. The minimum atomic E-state index is -0.192. The predicted molar refractivity (Wildman–Crippen MR) is 72.8 cm³/mol. The summed E-state index contributed by atoms with van der Waals surface area (Å²) in [6.45, 7) is 6.48. The van der Waals surface area contributed by atoms with Crippen LogP contribution in [0, 0.1) is 5.82 Å². The molecule has 1 N–H and O–H groups in total. The molecule has 1 aromatic carbocycles. The molecule has 0 spiro atoms. The van der Waals surface area contributed by atoms with Gasteiger partial charge in [-0.2, -0.15) is 0 Å². The number of benzene rings is 1. The molecular weight excluding hydrogens is 283 g/mol. The highest BCUT2D eigenvalue weighted by Crippen LogP contribution is 2.22. The molecule has 1 aliphatic heterocycles. The topological polar surface area (TPSA) is 15.3 Å². The molecule has 2 nitrogen and oxygen atoms in total. The van der Waals surface area contributed by atoms with Crippen molar-refractivity contribution >= 4 is 21.6 Å². The number of halogens is 2. The number of anilines is 1. The van der Waals surface area contributed by atoms with Crippen LogP contribution in [0.25, 0.3) is 0 Å². The van der Waals surface area contributed by atoms with Gasteiger partial charge in [-0.05, 0) is 38.5 Å². The fourth-order valence-corrected chi connectivity index (χ4v) is 2.53. The van der Waals surface area contributed by atoms with Crippen molar-refractivity contribution in [2.45, 2.75) is 32.4 Å². The second-order valence-corrected chi connectivity index (χ2v) is 5.76. The minimum Gasteiger partial charge on any atom is -0.379 e. The third-order valence-corrected chi connectivity index (χ3v) is 3.73. The van der Waals surface area contributed by atoms with Crippen molar-refractivity contribution in [3.63, 3.8) is 0 Å². The largest absolute Gasteiger partial charge is 0.379 e. The lowest BCUT2D eigenvalue weighted by Gasteiger charge is -2.21. The van der Waals surface area contributed by atoms with Gasteiger partial charge in [-0.25, -0.2) is 4.39 Å². The quantitative estimate of drug-likeness (QED) is 0.919. The fourth-order valence-electron chi connectivity index (χ4n) is 2.20. The van der Waals surface area contributed by atoms with E-state index in [4.69, 9.17) is 0 Å². The first-order chi connectivity index (χ1) is 8.06. The molecule has 1 heterocycles. The third-order valence-electron chi connectivity index (χ3n) is 3.24. The lowest BCUT2D eigenvalue weighted by Crippen LogP contribution is -2.31. The molecule has 1 fully saturated rings. The molecule has 0 amide bonds. The van der Waals surface area contributed by atoms with Crippen LogP contribution >= 0.6 is 15.9 Å². The summed E-state index contributed by atoms with van der Waals surface area (Å²) in [7, 11) is 0. The Labute approximate surface area is 110 Å². The average molecular weight is 301 g/mol. The summed E-state index contributed by atoms with van der Waals surface area (Å²) in [6, 6.07) is 6.07. The number of rotatable bonds is 3. The van der Waals surface area contributed by atoms with Gasteiger partial charge in [0.05, 0.1) is 5.69 Å². The van der Waals surface area contributed by atoms with E-state index in [0.717, 1.165) is 24.0 Å².